The number of halogens is 3. The SMILES string of the molecule is Cc1cc(OC(F)(F)F)cc(CC#N)n1. The highest BCUT2D eigenvalue weighted by atomic mass is 19.4. The zero-order chi connectivity index (χ0) is 11.5. The Balaban J connectivity index is 2.95. The highest BCUT2D eigenvalue weighted by molar-refractivity contribution is 5.28. The van der Waals surface area contributed by atoms with Crippen LogP contribution in [-0.2, 0) is 6.42 Å². The average molecular weight is 216 g/mol. The van der Waals surface area contributed by atoms with Crippen molar-refractivity contribution in [3.63, 3.8) is 0 Å². The van der Waals surface area contributed by atoms with Crippen molar-refractivity contribution >= 4 is 0 Å². The number of nitrogens with zero attached hydrogens (tertiary/aromatic N) is 2. The molecule has 0 aliphatic heterocycles. The first-order chi connectivity index (χ1) is 6.90. The van der Waals surface area contributed by atoms with E-state index in [0.717, 1.165) is 12.1 Å². The molecule has 1 rings (SSSR count). The lowest BCUT2D eigenvalue weighted by Gasteiger charge is -2.09. The predicted octanol–water partition coefficient (Wildman–Crippen LogP) is 2.35. The van der Waals surface area contributed by atoms with Crippen LogP contribution in [0.25, 0.3) is 0 Å². The molecule has 0 aromatic carbocycles. The fourth-order valence-electron chi connectivity index (χ4n) is 1.07. The van der Waals surface area contributed by atoms with Crippen molar-refractivity contribution in [1.82, 2.24) is 4.98 Å². The number of nitriles is 1. The van der Waals surface area contributed by atoms with Crippen molar-refractivity contribution in [3.05, 3.63) is 23.5 Å². The van der Waals surface area contributed by atoms with Crippen molar-refractivity contribution in [2.75, 3.05) is 0 Å². The largest absolute Gasteiger partial charge is 0.573 e. The molecule has 0 unspecified atom stereocenters. The predicted molar refractivity (Wildman–Crippen MR) is 45.0 cm³/mol. The van der Waals surface area contributed by atoms with Crippen LogP contribution in [0.5, 0.6) is 5.75 Å². The number of aryl methyl sites for hydroxylation is 1. The fraction of sp³-hybridized carbons (Fsp3) is 0.333. The van der Waals surface area contributed by atoms with Crippen LogP contribution < -0.4 is 4.74 Å². The van der Waals surface area contributed by atoms with Gasteiger partial charge in [-0.15, -0.1) is 13.2 Å². The van der Waals surface area contributed by atoms with Crippen LogP contribution in [0.1, 0.15) is 11.4 Å². The molecule has 0 amide bonds. The highest BCUT2D eigenvalue weighted by Gasteiger charge is 2.31. The van der Waals surface area contributed by atoms with E-state index in [4.69, 9.17) is 5.26 Å². The van der Waals surface area contributed by atoms with Crippen LogP contribution in [0.15, 0.2) is 12.1 Å². The molecule has 0 fully saturated rings. The lowest BCUT2D eigenvalue weighted by atomic mass is 10.2. The van der Waals surface area contributed by atoms with Gasteiger partial charge in [0.05, 0.1) is 18.2 Å². The molecule has 15 heavy (non-hydrogen) atoms. The van der Waals surface area contributed by atoms with E-state index < -0.39 is 6.36 Å². The zero-order valence-corrected chi connectivity index (χ0v) is 7.80. The third-order valence-corrected chi connectivity index (χ3v) is 1.47. The molecule has 1 heterocycles. The number of hydrogen-bond acceptors (Lipinski definition) is 3. The van der Waals surface area contributed by atoms with E-state index in [0.29, 0.717) is 5.69 Å². The Morgan fingerprint density at radius 3 is 2.67 bits per heavy atom. The van der Waals surface area contributed by atoms with Gasteiger partial charge in [-0.3, -0.25) is 4.98 Å². The van der Waals surface area contributed by atoms with Crippen molar-refractivity contribution in [1.29, 1.82) is 5.26 Å². The van der Waals surface area contributed by atoms with E-state index in [1.54, 1.807) is 6.07 Å². The standard InChI is InChI=1S/C9H7F3N2O/c1-6-4-8(15-9(10,11)12)5-7(14-6)2-3-13/h4-5H,2H2,1H3. The summed E-state index contributed by atoms with van der Waals surface area (Å²) in [6, 6.07) is 4.06. The number of rotatable bonds is 2. The number of alkyl halides is 3. The smallest absolute Gasteiger partial charge is 0.406 e. The molecule has 0 radical (unpaired) electrons. The van der Waals surface area contributed by atoms with Gasteiger partial charge in [-0.25, -0.2) is 0 Å². The molecule has 0 N–H and O–H groups in total. The van der Waals surface area contributed by atoms with E-state index in [-0.39, 0.29) is 17.9 Å². The minimum absolute atomic E-state index is 0.0457. The Kier molecular flexibility index (Phi) is 3.14. The summed E-state index contributed by atoms with van der Waals surface area (Å²) in [5.74, 6) is -0.347. The molecule has 1 aromatic rings. The lowest BCUT2D eigenvalue weighted by Crippen LogP contribution is -2.17. The van der Waals surface area contributed by atoms with Gasteiger partial charge in [-0.1, -0.05) is 0 Å². The zero-order valence-electron chi connectivity index (χ0n) is 7.80. The van der Waals surface area contributed by atoms with Crippen LogP contribution in [-0.4, -0.2) is 11.3 Å². The van der Waals surface area contributed by atoms with Gasteiger partial charge in [0, 0.05) is 17.8 Å². The van der Waals surface area contributed by atoms with Gasteiger partial charge in [-0.2, -0.15) is 5.26 Å². The van der Waals surface area contributed by atoms with Crippen molar-refractivity contribution < 1.29 is 17.9 Å². The van der Waals surface area contributed by atoms with Gasteiger partial charge in [0.25, 0.3) is 0 Å². The van der Waals surface area contributed by atoms with E-state index in [9.17, 15) is 13.2 Å². The maximum atomic E-state index is 11.9. The van der Waals surface area contributed by atoms with Crippen LogP contribution in [0, 0.1) is 18.3 Å². The van der Waals surface area contributed by atoms with Crippen molar-refractivity contribution in [2.24, 2.45) is 0 Å². The Labute approximate surface area is 84.1 Å². The Morgan fingerprint density at radius 1 is 1.47 bits per heavy atom. The minimum atomic E-state index is -4.72. The lowest BCUT2D eigenvalue weighted by molar-refractivity contribution is -0.274. The third-order valence-electron chi connectivity index (χ3n) is 1.47. The first kappa shape index (κ1) is 11.3. The molecule has 80 valence electrons. The second kappa shape index (κ2) is 4.17. The summed E-state index contributed by atoms with van der Waals surface area (Å²) in [7, 11) is 0. The second-order valence-corrected chi connectivity index (χ2v) is 2.82. The quantitative estimate of drug-likeness (QED) is 0.762. The molecular weight excluding hydrogens is 209 g/mol. The van der Waals surface area contributed by atoms with E-state index in [1.165, 1.54) is 6.92 Å². The maximum absolute atomic E-state index is 11.9. The summed E-state index contributed by atoms with van der Waals surface area (Å²) in [4.78, 5) is 3.88. The molecular formula is C9H7F3N2O. The molecule has 6 heteroatoms. The molecule has 0 atom stereocenters. The molecule has 0 spiro atoms. The van der Waals surface area contributed by atoms with E-state index >= 15 is 0 Å². The number of aromatic nitrogens is 1. The van der Waals surface area contributed by atoms with E-state index in [1.807, 2.05) is 0 Å². The summed E-state index contributed by atoms with van der Waals surface area (Å²) in [5, 5.41) is 8.38. The Hall–Kier alpha value is -1.77. The molecule has 1 aromatic heterocycles. The number of ether oxygens (including phenoxy) is 1. The van der Waals surface area contributed by atoms with Gasteiger partial charge in [0.2, 0.25) is 0 Å². The minimum Gasteiger partial charge on any atom is -0.406 e. The second-order valence-electron chi connectivity index (χ2n) is 2.82. The van der Waals surface area contributed by atoms with Crippen molar-refractivity contribution in [2.45, 2.75) is 19.7 Å². The molecule has 0 bridgehead atoms. The van der Waals surface area contributed by atoms with Crippen LogP contribution in [0.2, 0.25) is 0 Å². The van der Waals surface area contributed by atoms with Crippen LogP contribution in [0.4, 0.5) is 13.2 Å². The number of hydrogen-bond donors (Lipinski definition) is 0. The van der Waals surface area contributed by atoms with Gasteiger partial charge in [0.15, 0.2) is 0 Å². The molecule has 0 aliphatic carbocycles. The highest BCUT2D eigenvalue weighted by Crippen LogP contribution is 2.23. The van der Waals surface area contributed by atoms with Gasteiger partial charge in [-0.05, 0) is 6.92 Å². The average Bonchev–Trinajstić information content (AvgIpc) is 1.99. The van der Waals surface area contributed by atoms with Gasteiger partial charge < -0.3 is 4.74 Å². The first-order valence-corrected chi connectivity index (χ1v) is 4.01. The molecule has 0 saturated heterocycles. The van der Waals surface area contributed by atoms with Crippen LogP contribution >= 0.6 is 0 Å². The Morgan fingerprint density at radius 2 is 2.13 bits per heavy atom. The monoisotopic (exact) mass is 216 g/mol. The first-order valence-electron chi connectivity index (χ1n) is 4.01. The van der Waals surface area contributed by atoms with Crippen LogP contribution in [0.3, 0.4) is 0 Å². The molecule has 0 aliphatic rings. The van der Waals surface area contributed by atoms with Crippen molar-refractivity contribution in [3.8, 4) is 11.8 Å². The number of pyridine rings is 1. The summed E-state index contributed by atoms with van der Waals surface area (Å²) in [5.41, 5.74) is 0.638. The Bertz CT molecular complexity index is 395. The third kappa shape index (κ3) is 3.85. The fourth-order valence-corrected chi connectivity index (χ4v) is 1.07. The van der Waals surface area contributed by atoms with Gasteiger partial charge >= 0.3 is 6.36 Å². The summed E-state index contributed by atoms with van der Waals surface area (Å²) in [6.45, 7) is 1.53. The molecule has 3 nitrogen and oxygen atoms in total. The van der Waals surface area contributed by atoms with E-state index in [2.05, 4.69) is 9.72 Å². The summed E-state index contributed by atoms with van der Waals surface area (Å²) in [6.07, 6.45) is -4.77. The molecule has 0 saturated carbocycles. The van der Waals surface area contributed by atoms with Gasteiger partial charge in [0.1, 0.15) is 5.75 Å². The summed E-state index contributed by atoms with van der Waals surface area (Å²) >= 11 is 0. The summed E-state index contributed by atoms with van der Waals surface area (Å²) < 4.78 is 39.4. The topological polar surface area (TPSA) is 45.9 Å². The maximum Gasteiger partial charge on any atom is 0.573 e. The normalized spacial score (nSPS) is 10.9.